The summed E-state index contributed by atoms with van der Waals surface area (Å²) in [4.78, 5) is 0.999. The first kappa shape index (κ1) is 12.8. The van der Waals surface area contributed by atoms with Gasteiger partial charge in [0, 0.05) is 10.6 Å². The molecule has 0 amide bonds. The van der Waals surface area contributed by atoms with Crippen LogP contribution in [0.5, 0.6) is 0 Å². The molecule has 1 aromatic rings. The van der Waals surface area contributed by atoms with E-state index in [1.54, 1.807) is 0 Å². The van der Waals surface area contributed by atoms with Crippen LogP contribution in [-0.4, -0.2) is 16.5 Å². The molecule has 1 saturated carbocycles. The lowest BCUT2D eigenvalue weighted by Gasteiger charge is -2.14. The van der Waals surface area contributed by atoms with E-state index in [0.29, 0.717) is 6.54 Å². The first-order valence-electron chi connectivity index (χ1n) is 6.22. The standard InChI is InChI=1S/C14H21NOS/c1-11-3-4-13(12(2)9-11)17(16)10-14(5-6-14)7-8-15/h3-4,9H,5-8,10,15H2,1-2H3. The highest BCUT2D eigenvalue weighted by molar-refractivity contribution is 7.85. The molecule has 0 saturated heterocycles. The van der Waals surface area contributed by atoms with Crippen molar-refractivity contribution in [1.29, 1.82) is 0 Å². The zero-order chi connectivity index (χ0) is 12.5. The molecule has 17 heavy (non-hydrogen) atoms. The molecular weight excluding hydrogens is 230 g/mol. The molecule has 0 aliphatic heterocycles. The number of hydrogen-bond donors (Lipinski definition) is 1. The fraction of sp³-hybridized carbons (Fsp3) is 0.571. The van der Waals surface area contributed by atoms with Gasteiger partial charge >= 0.3 is 0 Å². The molecule has 3 heteroatoms. The van der Waals surface area contributed by atoms with E-state index in [9.17, 15) is 4.21 Å². The number of aryl methyl sites for hydroxylation is 2. The Balaban J connectivity index is 2.10. The predicted octanol–water partition coefficient (Wildman–Crippen LogP) is 2.54. The summed E-state index contributed by atoms with van der Waals surface area (Å²) in [5.74, 6) is 0.786. The van der Waals surface area contributed by atoms with Crippen LogP contribution in [-0.2, 0) is 10.8 Å². The normalized spacial score (nSPS) is 19.0. The van der Waals surface area contributed by atoms with Crippen molar-refractivity contribution in [3.63, 3.8) is 0 Å². The van der Waals surface area contributed by atoms with E-state index in [-0.39, 0.29) is 5.41 Å². The molecule has 0 spiro atoms. The minimum Gasteiger partial charge on any atom is -0.330 e. The van der Waals surface area contributed by atoms with E-state index in [4.69, 9.17) is 5.73 Å². The molecule has 1 unspecified atom stereocenters. The zero-order valence-corrected chi connectivity index (χ0v) is 11.5. The summed E-state index contributed by atoms with van der Waals surface area (Å²) in [6.45, 7) is 4.82. The van der Waals surface area contributed by atoms with Crippen molar-refractivity contribution < 1.29 is 4.21 Å². The number of nitrogens with two attached hydrogens (primary N) is 1. The van der Waals surface area contributed by atoms with Crippen LogP contribution in [0, 0.1) is 19.3 Å². The van der Waals surface area contributed by atoms with Gasteiger partial charge < -0.3 is 5.73 Å². The van der Waals surface area contributed by atoms with Gasteiger partial charge in [-0.3, -0.25) is 4.21 Å². The van der Waals surface area contributed by atoms with Gasteiger partial charge in [0.05, 0.1) is 10.8 Å². The maximum absolute atomic E-state index is 12.4. The van der Waals surface area contributed by atoms with E-state index >= 15 is 0 Å². The van der Waals surface area contributed by atoms with Gasteiger partial charge in [-0.2, -0.15) is 0 Å². The third-order valence-electron chi connectivity index (χ3n) is 3.64. The maximum Gasteiger partial charge on any atom is 0.0537 e. The molecule has 1 fully saturated rings. The average molecular weight is 251 g/mol. The molecule has 0 heterocycles. The van der Waals surface area contributed by atoms with E-state index in [2.05, 4.69) is 13.0 Å². The monoisotopic (exact) mass is 251 g/mol. The molecule has 0 bridgehead atoms. The Kier molecular flexibility index (Phi) is 3.69. The lowest BCUT2D eigenvalue weighted by atomic mass is 10.1. The van der Waals surface area contributed by atoms with Crippen molar-refractivity contribution in [3.8, 4) is 0 Å². The van der Waals surface area contributed by atoms with Crippen LogP contribution in [0.25, 0.3) is 0 Å². The Morgan fingerprint density at radius 1 is 1.35 bits per heavy atom. The summed E-state index contributed by atoms with van der Waals surface area (Å²) < 4.78 is 12.4. The third-order valence-corrected chi connectivity index (χ3v) is 5.47. The molecule has 2 nitrogen and oxygen atoms in total. The van der Waals surface area contributed by atoms with Crippen LogP contribution in [0.2, 0.25) is 0 Å². The van der Waals surface area contributed by atoms with Crippen molar-refractivity contribution in [2.75, 3.05) is 12.3 Å². The third kappa shape index (κ3) is 2.96. The Hall–Kier alpha value is -0.670. The SMILES string of the molecule is Cc1ccc(S(=O)CC2(CCN)CC2)c(C)c1. The van der Waals surface area contributed by atoms with Crippen LogP contribution >= 0.6 is 0 Å². The van der Waals surface area contributed by atoms with Crippen molar-refractivity contribution >= 4 is 10.8 Å². The fourth-order valence-electron chi connectivity index (χ4n) is 2.36. The number of rotatable bonds is 5. The molecule has 2 rings (SSSR count). The minimum absolute atomic E-state index is 0.289. The summed E-state index contributed by atoms with van der Waals surface area (Å²) in [5, 5.41) is 0. The second-order valence-corrected chi connectivity index (χ2v) is 6.72. The number of hydrogen-bond acceptors (Lipinski definition) is 2. The summed E-state index contributed by atoms with van der Waals surface area (Å²) in [6.07, 6.45) is 3.41. The zero-order valence-electron chi connectivity index (χ0n) is 10.7. The van der Waals surface area contributed by atoms with E-state index in [0.717, 1.165) is 22.6 Å². The van der Waals surface area contributed by atoms with Gasteiger partial charge in [0.25, 0.3) is 0 Å². The highest BCUT2D eigenvalue weighted by atomic mass is 32.2. The van der Waals surface area contributed by atoms with Gasteiger partial charge in [-0.05, 0) is 56.7 Å². The van der Waals surface area contributed by atoms with E-state index in [1.807, 2.05) is 19.1 Å². The first-order chi connectivity index (χ1) is 8.06. The molecule has 1 aromatic carbocycles. The maximum atomic E-state index is 12.4. The number of benzene rings is 1. The molecule has 1 aliphatic rings. The van der Waals surface area contributed by atoms with Gasteiger partial charge in [0.15, 0.2) is 0 Å². The van der Waals surface area contributed by atoms with Gasteiger partial charge in [-0.15, -0.1) is 0 Å². The molecule has 0 radical (unpaired) electrons. The van der Waals surface area contributed by atoms with Crippen LogP contribution in [0.3, 0.4) is 0 Å². The first-order valence-corrected chi connectivity index (χ1v) is 7.54. The Bertz CT molecular complexity index is 438. The molecule has 0 aromatic heterocycles. The fourth-order valence-corrected chi connectivity index (χ4v) is 4.14. The van der Waals surface area contributed by atoms with Gasteiger partial charge in [-0.25, -0.2) is 0 Å². The van der Waals surface area contributed by atoms with E-state index in [1.165, 1.54) is 18.4 Å². The van der Waals surface area contributed by atoms with Gasteiger partial charge in [0.1, 0.15) is 0 Å². The van der Waals surface area contributed by atoms with Gasteiger partial charge in [0.2, 0.25) is 0 Å². The average Bonchev–Trinajstić information content (AvgIpc) is 2.97. The lowest BCUT2D eigenvalue weighted by Crippen LogP contribution is -2.17. The van der Waals surface area contributed by atoms with Crippen LogP contribution < -0.4 is 5.73 Å². The van der Waals surface area contributed by atoms with Crippen molar-refractivity contribution in [2.45, 2.75) is 38.0 Å². The van der Waals surface area contributed by atoms with Gasteiger partial charge in [-0.1, -0.05) is 17.7 Å². The molecule has 1 atom stereocenters. The summed E-state index contributed by atoms with van der Waals surface area (Å²) in [7, 11) is -0.867. The molecular formula is C14H21NOS. The molecule has 1 aliphatic carbocycles. The summed E-state index contributed by atoms with van der Waals surface area (Å²) in [6, 6.07) is 6.16. The van der Waals surface area contributed by atoms with Crippen LogP contribution in [0.4, 0.5) is 0 Å². The molecule has 2 N–H and O–H groups in total. The van der Waals surface area contributed by atoms with Crippen molar-refractivity contribution in [1.82, 2.24) is 0 Å². The largest absolute Gasteiger partial charge is 0.330 e. The van der Waals surface area contributed by atoms with Crippen LogP contribution in [0.15, 0.2) is 23.1 Å². The van der Waals surface area contributed by atoms with Crippen molar-refractivity contribution in [2.24, 2.45) is 11.1 Å². The lowest BCUT2D eigenvalue weighted by molar-refractivity contribution is 0.529. The topological polar surface area (TPSA) is 43.1 Å². The van der Waals surface area contributed by atoms with E-state index < -0.39 is 10.8 Å². The van der Waals surface area contributed by atoms with Crippen LogP contribution in [0.1, 0.15) is 30.4 Å². The predicted molar refractivity (Wildman–Crippen MR) is 72.5 cm³/mol. The molecule has 94 valence electrons. The Morgan fingerprint density at radius 2 is 2.06 bits per heavy atom. The highest BCUT2D eigenvalue weighted by Crippen LogP contribution is 2.49. The summed E-state index contributed by atoms with van der Waals surface area (Å²) in [5.41, 5.74) is 8.28. The second-order valence-electron chi connectivity index (χ2n) is 5.30. The Labute approximate surface area is 106 Å². The second kappa shape index (κ2) is 4.91. The Morgan fingerprint density at radius 3 is 2.59 bits per heavy atom. The smallest absolute Gasteiger partial charge is 0.0537 e. The van der Waals surface area contributed by atoms with Crippen molar-refractivity contribution in [3.05, 3.63) is 29.3 Å². The minimum atomic E-state index is -0.867. The summed E-state index contributed by atoms with van der Waals surface area (Å²) >= 11 is 0. The highest BCUT2D eigenvalue weighted by Gasteiger charge is 2.43. The quantitative estimate of drug-likeness (QED) is 0.874.